The van der Waals surface area contributed by atoms with Gasteiger partial charge in [-0.2, -0.15) is 0 Å². The van der Waals surface area contributed by atoms with Crippen molar-refractivity contribution in [1.82, 2.24) is 4.98 Å². The first kappa shape index (κ1) is 35.2. The van der Waals surface area contributed by atoms with Crippen molar-refractivity contribution < 1.29 is 0 Å². The first-order valence-corrected chi connectivity index (χ1v) is 16.4. The minimum absolute atomic E-state index is 0. The Morgan fingerprint density at radius 3 is 1.83 bits per heavy atom. The third kappa shape index (κ3) is 8.36. The molecule has 0 aliphatic heterocycles. The Morgan fingerprint density at radius 1 is 0.521 bits per heavy atom. The van der Waals surface area contributed by atoms with Crippen LogP contribution >= 0.6 is 11.3 Å². The van der Waals surface area contributed by atoms with E-state index in [4.69, 9.17) is 0 Å². The number of H-pyrrole nitrogens is 1. The lowest BCUT2D eigenvalue weighted by molar-refractivity contribution is 1.29. The minimum Gasteiger partial charge on any atom is -0.358 e. The molecular weight excluding hydrogens is 599 g/mol. The van der Waals surface area contributed by atoms with Crippen LogP contribution in [0, 0.1) is 6.92 Å². The number of benzene rings is 6. The maximum atomic E-state index is 3.79. The van der Waals surface area contributed by atoms with Gasteiger partial charge in [0.2, 0.25) is 0 Å². The first-order valence-electron chi connectivity index (χ1n) is 15.6. The summed E-state index contributed by atoms with van der Waals surface area (Å²) < 4.78 is 1.34. The van der Waals surface area contributed by atoms with Gasteiger partial charge in [0.05, 0.1) is 0 Å². The topological polar surface area (TPSA) is 15.8 Å². The lowest BCUT2D eigenvalue weighted by Gasteiger charge is -1.99. The quantitative estimate of drug-likeness (QED) is 0.197. The van der Waals surface area contributed by atoms with Crippen molar-refractivity contribution in [2.24, 2.45) is 0 Å². The van der Waals surface area contributed by atoms with E-state index in [9.17, 15) is 0 Å². The molecule has 0 aliphatic rings. The van der Waals surface area contributed by atoms with Crippen molar-refractivity contribution in [3.05, 3.63) is 193 Å². The fourth-order valence-electron chi connectivity index (χ4n) is 5.48. The zero-order chi connectivity index (χ0) is 33.0. The summed E-state index contributed by atoms with van der Waals surface area (Å²) in [7, 11) is 0. The first-order chi connectivity index (χ1) is 23.1. The van der Waals surface area contributed by atoms with Crippen LogP contribution in [0.15, 0.2) is 165 Å². The number of aryl methyl sites for hydroxylation is 1. The lowest BCUT2D eigenvalue weighted by atomic mass is 10.1. The van der Waals surface area contributed by atoms with Crippen molar-refractivity contribution in [2.75, 3.05) is 0 Å². The van der Waals surface area contributed by atoms with Crippen molar-refractivity contribution in [3.63, 3.8) is 0 Å². The largest absolute Gasteiger partial charge is 0.358 e. The highest BCUT2D eigenvalue weighted by atomic mass is 32.1. The van der Waals surface area contributed by atoms with Gasteiger partial charge in [-0.05, 0) is 74.1 Å². The summed E-state index contributed by atoms with van der Waals surface area (Å²) in [4.78, 5) is 3.31. The highest BCUT2D eigenvalue weighted by Gasteiger charge is 2.02. The molecule has 0 aliphatic carbocycles. The van der Waals surface area contributed by atoms with E-state index in [1.54, 1.807) is 11.3 Å². The smallest absolute Gasteiger partial charge is 0.0462 e. The molecule has 0 unspecified atom stereocenters. The summed E-state index contributed by atoms with van der Waals surface area (Å²) in [6.07, 6.45) is 7.56. The van der Waals surface area contributed by atoms with Crippen molar-refractivity contribution in [1.29, 1.82) is 0 Å². The molecule has 48 heavy (non-hydrogen) atoms. The van der Waals surface area contributed by atoms with E-state index in [2.05, 4.69) is 165 Å². The maximum absolute atomic E-state index is 3.79. The van der Waals surface area contributed by atoms with Gasteiger partial charge in [-0.25, -0.2) is 0 Å². The molecule has 1 N–H and O–H groups in total. The number of aromatic nitrogens is 1. The predicted molar refractivity (Wildman–Crippen MR) is 220 cm³/mol. The zero-order valence-electron chi connectivity index (χ0n) is 26.8. The third-order valence-corrected chi connectivity index (χ3v) is 8.91. The number of hydrogen-bond acceptors (Lipinski definition) is 1. The molecule has 0 fully saturated rings. The van der Waals surface area contributed by atoms with Crippen LogP contribution in [-0.2, 0) is 0 Å². The van der Waals surface area contributed by atoms with Gasteiger partial charge in [-0.3, -0.25) is 0 Å². The minimum atomic E-state index is 0. The van der Waals surface area contributed by atoms with Crippen molar-refractivity contribution >= 4 is 78.2 Å². The molecule has 238 valence electrons. The molecule has 0 saturated carbocycles. The van der Waals surface area contributed by atoms with Crippen LogP contribution in [0.4, 0.5) is 0 Å². The molecule has 0 amide bonds. The highest BCUT2D eigenvalue weighted by molar-refractivity contribution is 7.17. The van der Waals surface area contributed by atoms with Gasteiger partial charge in [0, 0.05) is 26.9 Å². The van der Waals surface area contributed by atoms with Gasteiger partial charge >= 0.3 is 0 Å². The third-order valence-electron chi connectivity index (χ3n) is 7.93. The van der Waals surface area contributed by atoms with Crippen molar-refractivity contribution in [3.8, 4) is 0 Å². The van der Waals surface area contributed by atoms with Gasteiger partial charge in [0.15, 0.2) is 0 Å². The maximum Gasteiger partial charge on any atom is 0.0462 e. The van der Waals surface area contributed by atoms with E-state index in [1.165, 1.54) is 70.5 Å². The average molecular weight is 642 g/mol. The number of hydrogen-bond donors (Lipinski definition) is 1. The van der Waals surface area contributed by atoms with Crippen LogP contribution < -0.4 is 0 Å². The Balaban J connectivity index is 0.000000144. The van der Waals surface area contributed by atoms with Crippen LogP contribution in [0.1, 0.15) is 35.4 Å². The molecule has 8 rings (SSSR count). The molecule has 0 bridgehead atoms. The lowest BCUT2D eigenvalue weighted by Crippen LogP contribution is -1.75. The van der Waals surface area contributed by atoms with E-state index >= 15 is 0 Å². The number of nitrogens with one attached hydrogen (secondary N) is 1. The van der Waals surface area contributed by atoms with Gasteiger partial charge in [-0.15, -0.1) is 11.3 Å². The van der Waals surface area contributed by atoms with Gasteiger partial charge in [-0.1, -0.05) is 173 Å². The van der Waals surface area contributed by atoms with E-state index in [1.807, 2.05) is 36.4 Å². The van der Waals surface area contributed by atoms with E-state index in [0.29, 0.717) is 0 Å². The molecule has 0 radical (unpaired) electrons. The van der Waals surface area contributed by atoms with Crippen LogP contribution in [0.3, 0.4) is 0 Å². The Bertz CT molecular complexity index is 2280. The number of para-hydroxylation sites is 1. The van der Waals surface area contributed by atoms with Crippen LogP contribution in [0.2, 0.25) is 0 Å². The molecular formula is C46H43NS. The summed E-state index contributed by atoms with van der Waals surface area (Å²) in [6, 6.07) is 45.9. The fraction of sp³-hybridized carbons (Fsp3) is 0.0435. The number of fused-ring (bicyclic) bond motifs is 4. The second-order valence-corrected chi connectivity index (χ2v) is 11.8. The SMILES string of the molecule is C.C=Cc1c(C)[nH]c2ccccc12.C=Cc1ccc2ccccc2c1.C=Cc1cccc2ccccc12.C=Cc1csc2ccccc12. The molecule has 6 aromatic carbocycles. The summed E-state index contributed by atoms with van der Waals surface area (Å²) in [5, 5.41) is 9.80. The van der Waals surface area contributed by atoms with Crippen molar-refractivity contribution in [2.45, 2.75) is 14.4 Å². The molecule has 2 heteroatoms. The monoisotopic (exact) mass is 641 g/mol. The Kier molecular flexibility index (Phi) is 12.7. The summed E-state index contributed by atoms with van der Waals surface area (Å²) in [6.45, 7) is 17.1. The van der Waals surface area contributed by atoms with Crippen LogP contribution in [0.5, 0.6) is 0 Å². The second-order valence-electron chi connectivity index (χ2n) is 10.9. The predicted octanol–water partition coefficient (Wildman–Crippen LogP) is 14.3. The van der Waals surface area contributed by atoms with E-state index in [-0.39, 0.29) is 7.43 Å². The standard InChI is InChI=1S/2C12H10.C11H11N.C10H8S.CH4/c1-2-10-7-5-8-11-6-3-4-9-12(10)11;1-2-10-7-8-11-5-3-4-6-12(11)9-10;1-3-9-8(2)12-11-7-5-4-6-10(9)11;1-2-8-7-11-10-6-4-3-5-9(8)10;/h2*2-9H,1H2;3-7,12H,1H2,2H3;2-7H,1H2;1H4. The van der Waals surface area contributed by atoms with Crippen LogP contribution in [0.25, 0.3) is 66.8 Å². The number of thiophene rings is 1. The summed E-state index contributed by atoms with van der Waals surface area (Å²) in [5.74, 6) is 0. The molecule has 8 aromatic rings. The summed E-state index contributed by atoms with van der Waals surface area (Å²) >= 11 is 1.77. The number of rotatable bonds is 4. The average Bonchev–Trinajstić information content (AvgIpc) is 3.71. The molecule has 0 atom stereocenters. The molecule has 0 spiro atoms. The molecule has 0 saturated heterocycles. The molecule has 2 aromatic heterocycles. The Hall–Kier alpha value is -5.70. The zero-order valence-corrected chi connectivity index (χ0v) is 27.6. The van der Waals surface area contributed by atoms with Gasteiger partial charge in [0.25, 0.3) is 0 Å². The fourth-order valence-corrected chi connectivity index (χ4v) is 6.43. The Morgan fingerprint density at radius 2 is 1.12 bits per heavy atom. The number of aromatic amines is 1. The van der Waals surface area contributed by atoms with E-state index in [0.717, 1.165) is 0 Å². The molecule has 2 heterocycles. The molecule has 1 nitrogen and oxygen atoms in total. The van der Waals surface area contributed by atoms with Gasteiger partial charge < -0.3 is 4.98 Å². The summed E-state index contributed by atoms with van der Waals surface area (Å²) in [5.41, 5.74) is 7.20. The van der Waals surface area contributed by atoms with Crippen LogP contribution in [-0.4, -0.2) is 4.98 Å². The normalized spacial score (nSPS) is 9.94. The highest BCUT2D eigenvalue weighted by Crippen LogP contribution is 2.26. The van der Waals surface area contributed by atoms with E-state index < -0.39 is 0 Å². The second kappa shape index (κ2) is 17.3. The Labute approximate surface area is 289 Å². The van der Waals surface area contributed by atoms with Gasteiger partial charge in [0.1, 0.15) is 0 Å².